The van der Waals surface area contributed by atoms with Crippen molar-refractivity contribution in [1.82, 2.24) is 10.2 Å². The van der Waals surface area contributed by atoms with Crippen LogP contribution in [0.2, 0.25) is 5.02 Å². The molecule has 0 spiro atoms. The van der Waals surface area contributed by atoms with Gasteiger partial charge in [0, 0.05) is 38.8 Å². The maximum atomic E-state index is 12.2. The molecule has 0 fully saturated rings. The van der Waals surface area contributed by atoms with Gasteiger partial charge in [-0.1, -0.05) is 41.9 Å². The molecule has 0 aromatic heterocycles. The number of ether oxygens (including phenoxy) is 1. The average molecular weight is 401 g/mol. The molecule has 1 N–H and O–H groups in total. The predicted molar refractivity (Wildman–Crippen MR) is 113 cm³/mol. The number of hydrogen-bond acceptors (Lipinski definition) is 3. The summed E-state index contributed by atoms with van der Waals surface area (Å²) in [6.45, 7) is 2.07. The molecular formula is C21H25ClN4O2. The Hall–Kier alpha value is -2.73. The summed E-state index contributed by atoms with van der Waals surface area (Å²) in [5.41, 5.74) is 1.88. The number of carbonyl (C=O) groups excluding carboxylic acids is 1. The number of aliphatic imine (C=N–C) groups is 1. The third kappa shape index (κ3) is 4.75. The van der Waals surface area contributed by atoms with Crippen LogP contribution in [0.4, 0.5) is 5.69 Å². The molecule has 6 nitrogen and oxygen atoms in total. The van der Waals surface area contributed by atoms with Gasteiger partial charge in [-0.05, 0) is 30.2 Å². The minimum Gasteiger partial charge on any atom is -0.482 e. The first-order valence-electron chi connectivity index (χ1n) is 9.27. The zero-order valence-electron chi connectivity index (χ0n) is 16.2. The second-order valence-electron chi connectivity index (χ2n) is 6.58. The summed E-state index contributed by atoms with van der Waals surface area (Å²) in [5.74, 6) is 1.53. The number of nitrogens with zero attached hydrogens (tertiary/aromatic N) is 3. The number of anilines is 1. The molecule has 1 heterocycles. The number of nitrogens with one attached hydrogen (secondary N) is 1. The van der Waals surface area contributed by atoms with Gasteiger partial charge in [0.05, 0.1) is 5.69 Å². The highest BCUT2D eigenvalue weighted by Crippen LogP contribution is 2.31. The van der Waals surface area contributed by atoms with E-state index in [0.29, 0.717) is 19.6 Å². The Bertz CT molecular complexity index is 856. The smallest absolute Gasteiger partial charge is 0.265 e. The molecule has 1 amide bonds. The Morgan fingerprint density at radius 3 is 2.79 bits per heavy atom. The molecule has 0 saturated heterocycles. The molecule has 0 aliphatic carbocycles. The monoisotopic (exact) mass is 400 g/mol. The average Bonchev–Trinajstić information content (AvgIpc) is 2.71. The molecule has 0 radical (unpaired) electrons. The van der Waals surface area contributed by atoms with E-state index in [1.807, 2.05) is 60.5 Å². The lowest BCUT2D eigenvalue weighted by Gasteiger charge is -2.29. The van der Waals surface area contributed by atoms with Crippen LogP contribution in [0.25, 0.3) is 0 Å². The molecular weight excluding hydrogens is 376 g/mol. The molecule has 0 unspecified atom stereocenters. The maximum absolute atomic E-state index is 12.2. The quantitative estimate of drug-likeness (QED) is 0.459. The second kappa shape index (κ2) is 9.46. The molecule has 28 heavy (non-hydrogen) atoms. The lowest BCUT2D eigenvalue weighted by molar-refractivity contribution is -0.121. The van der Waals surface area contributed by atoms with Crippen LogP contribution in [-0.2, 0) is 11.3 Å². The van der Waals surface area contributed by atoms with Gasteiger partial charge in [-0.2, -0.15) is 0 Å². The van der Waals surface area contributed by atoms with E-state index in [0.717, 1.165) is 34.4 Å². The third-order valence-electron chi connectivity index (χ3n) is 4.59. The van der Waals surface area contributed by atoms with Gasteiger partial charge in [0.2, 0.25) is 0 Å². The third-order valence-corrected chi connectivity index (χ3v) is 4.96. The number of para-hydroxylation sites is 2. The molecule has 0 atom stereocenters. The van der Waals surface area contributed by atoms with E-state index in [9.17, 15) is 4.79 Å². The van der Waals surface area contributed by atoms with Gasteiger partial charge < -0.3 is 19.9 Å². The van der Waals surface area contributed by atoms with E-state index < -0.39 is 0 Å². The largest absolute Gasteiger partial charge is 0.482 e. The van der Waals surface area contributed by atoms with E-state index in [1.54, 1.807) is 11.9 Å². The normalized spacial score (nSPS) is 13.8. The lowest BCUT2D eigenvalue weighted by Crippen LogP contribution is -2.42. The molecule has 2 aromatic rings. The molecule has 148 valence electrons. The summed E-state index contributed by atoms with van der Waals surface area (Å²) in [5, 5.41) is 4.10. The minimum absolute atomic E-state index is 0.0149. The van der Waals surface area contributed by atoms with E-state index in [1.165, 1.54) is 0 Å². The fourth-order valence-electron chi connectivity index (χ4n) is 3.18. The summed E-state index contributed by atoms with van der Waals surface area (Å²) < 4.78 is 5.48. The Morgan fingerprint density at radius 1 is 1.25 bits per heavy atom. The molecule has 0 bridgehead atoms. The first-order valence-corrected chi connectivity index (χ1v) is 9.65. The van der Waals surface area contributed by atoms with Crippen LogP contribution < -0.4 is 15.0 Å². The first kappa shape index (κ1) is 20.0. The van der Waals surface area contributed by atoms with Crippen LogP contribution in [0, 0.1) is 0 Å². The predicted octanol–water partition coefficient (Wildman–Crippen LogP) is 3.16. The highest BCUT2D eigenvalue weighted by Gasteiger charge is 2.24. The number of halogens is 1. The van der Waals surface area contributed by atoms with Crippen molar-refractivity contribution in [2.75, 3.05) is 38.7 Å². The highest BCUT2D eigenvalue weighted by atomic mass is 35.5. The standard InChI is InChI=1S/C21H25ClN4O2/c1-23-21(25(2)14-16-8-3-4-9-17(16)22)24-12-7-13-26-18-10-5-6-11-19(18)28-15-20(26)27/h3-6,8-11H,7,12-15H2,1-2H3,(H,23,24). The minimum atomic E-state index is -0.0149. The van der Waals surface area contributed by atoms with Crippen LogP contribution in [0.1, 0.15) is 12.0 Å². The van der Waals surface area contributed by atoms with E-state index >= 15 is 0 Å². The first-order chi connectivity index (χ1) is 13.6. The number of hydrogen-bond donors (Lipinski definition) is 1. The van der Waals surface area contributed by atoms with Crippen LogP contribution in [0.5, 0.6) is 5.75 Å². The van der Waals surface area contributed by atoms with E-state index in [4.69, 9.17) is 16.3 Å². The van der Waals surface area contributed by atoms with Crippen molar-refractivity contribution >= 4 is 29.2 Å². The number of carbonyl (C=O) groups is 1. The number of benzene rings is 2. The number of fused-ring (bicyclic) bond motifs is 1. The fourth-order valence-corrected chi connectivity index (χ4v) is 3.37. The van der Waals surface area contributed by atoms with Crippen molar-refractivity contribution in [2.24, 2.45) is 4.99 Å². The van der Waals surface area contributed by atoms with Gasteiger partial charge in [-0.15, -0.1) is 0 Å². The number of rotatable bonds is 6. The lowest BCUT2D eigenvalue weighted by atomic mass is 10.2. The molecule has 3 rings (SSSR count). The number of guanidine groups is 1. The van der Waals surface area contributed by atoms with Crippen LogP contribution in [-0.4, -0.2) is 50.6 Å². The zero-order valence-corrected chi connectivity index (χ0v) is 16.9. The number of amides is 1. The summed E-state index contributed by atoms with van der Waals surface area (Å²) in [6, 6.07) is 15.4. The Balaban J connectivity index is 1.51. The Kier molecular flexibility index (Phi) is 6.76. The maximum Gasteiger partial charge on any atom is 0.265 e. The summed E-state index contributed by atoms with van der Waals surface area (Å²) in [7, 11) is 3.73. The van der Waals surface area contributed by atoms with E-state index in [-0.39, 0.29) is 12.5 Å². The van der Waals surface area contributed by atoms with Gasteiger partial charge in [-0.3, -0.25) is 9.79 Å². The summed E-state index contributed by atoms with van der Waals surface area (Å²) in [6.07, 6.45) is 0.791. The fraction of sp³-hybridized carbons (Fsp3) is 0.333. The van der Waals surface area contributed by atoms with Crippen molar-refractivity contribution in [3.63, 3.8) is 0 Å². The van der Waals surface area contributed by atoms with Crippen molar-refractivity contribution in [3.05, 3.63) is 59.1 Å². The zero-order chi connectivity index (χ0) is 19.9. The summed E-state index contributed by atoms with van der Waals surface area (Å²) >= 11 is 6.25. The molecule has 7 heteroatoms. The van der Waals surface area contributed by atoms with Crippen molar-refractivity contribution in [3.8, 4) is 5.75 Å². The van der Waals surface area contributed by atoms with Gasteiger partial charge in [0.25, 0.3) is 5.91 Å². The van der Waals surface area contributed by atoms with Crippen LogP contribution >= 0.6 is 11.6 Å². The Labute approximate surface area is 170 Å². The molecule has 1 aliphatic rings. The van der Waals surface area contributed by atoms with Crippen LogP contribution in [0.15, 0.2) is 53.5 Å². The molecule has 2 aromatic carbocycles. The van der Waals surface area contributed by atoms with E-state index in [2.05, 4.69) is 10.3 Å². The topological polar surface area (TPSA) is 57.2 Å². The van der Waals surface area contributed by atoms with Gasteiger partial charge >= 0.3 is 0 Å². The Morgan fingerprint density at radius 2 is 2.00 bits per heavy atom. The van der Waals surface area contributed by atoms with Gasteiger partial charge in [0.1, 0.15) is 5.75 Å². The molecule has 0 saturated carbocycles. The summed E-state index contributed by atoms with van der Waals surface area (Å²) in [4.78, 5) is 20.4. The SMILES string of the molecule is CN=C(NCCCN1C(=O)COc2ccccc21)N(C)Cc1ccccc1Cl. The second-order valence-corrected chi connectivity index (χ2v) is 6.98. The van der Waals surface area contributed by atoms with Gasteiger partial charge in [-0.25, -0.2) is 0 Å². The van der Waals surface area contributed by atoms with Crippen molar-refractivity contribution in [1.29, 1.82) is 0 Å². The highest BCUT2D eigenvalue weighted by molar-refractivity contribution is 6.31. The van der Waals surface area contributed by atoms with Crippen molar-refractivity contribution < 1.29 is 9.53 Å². The molecule has 1 aliphatic heterocycles. The van der Waals surface area contributed by atoms with Crippen LogP contribution in [0.3, 0.4) is 0 Å². The van der Waals surface area contributed by atoms with Crippen molar-refractivity contribution in [2.45, 2.75) is 13.0 Å². The van der Waals surface area contributed by atoms with Gasteiger partial charge in [0.15, 0.2) is 12.6 Å².